The summed E-state index contributed by atoms with van der Waals surface area (Å²) in [5, 5.41) is 8.84. The first-order valence-corrected chi connectivity index (χ1v) is 8.03. The number of benzene rings is 2. The monoisotopic (exact) mass is 346 g/mol. The summed E-state index contributed by atoms with van der Waals surface area (Å²) >= 11 is 0. The molecule has 0 aliphatic heterocycles. The highest BCUT2D eigenvalue weighted by Gasteiger charge is 1.99. The first-order chi connectivity index (χ1) is 12.8. The van der Waals surface area contributed by atoms with Crippen LogP contribution in [0, 0.1) is 0 Å². The lowest BCUT2D eigenvalue weighted by atomic mass is 10.1. The van der Waals surface area contributed by atoms with Crippen LogP contribution in [0.4, 0.5) is 0 Å². The second-order valence-electron chi connectivity index (χ2n) is 5.50. The van der Waals surface area contributed by atoms with Gasteiger partial charge in [-0.15, -0.1) is 0 Å². The molecule has 2 heterocycles. The van der Waals surface area contributed by atoms with E-state index in [2.05, 4.69) is 19.9 Å². The van der Waals surface area contributed by atoms with Gasteiger partial charge >= 0.3 is 0 Å². The van der Waals surface area contributed by atoms with E-state index in [4.69, 9.17) is 5.11 Å². The number of aromatic amines is 2. The molecule has 0 unspecified atom stereocenters. The van der Waals surface area contributed by atoms with Gasteiger partial charge in [0.25, 0.3) is 0 Å². The molecule has 0 fully saturated rings. The number of H-pyrrole nitrogens is 2. The Balaban J connectivity index is 0.000000151. The predicted molar refractivity (Wildman–Crippen MR) is 99.4 cm³/mol. The number of aliphatic hydroxyl groups is 1. The van der Waals surface area contributed by atoms with Crippen molar-refractivity contribution in [3.05, 3.63) is 84.7 Å². The zero-order valence-electron chi connectivity index (χ0n) is 14.0. The smallest absolute Gasteiger partial charge is 0.150 e. The average Bonchev–Trinajstić information content (AvgIpc) is 3.43. The summed E-state index contributed by atoms with van der Waals surface area (Å²) in [4.78, 5) is 24.4. The summed E-state index contributed by atoms with van der Waals surface area (Å²) in [7, 11) is 0. The number of carbonyl (C=O) groups excluding carboxylic acids is 1. The molecule has 0 radical (unpaired) electrons. The number of hydrogen-bond donors (Lipinski definition) is 3. The first-order valence-electron chi connectivity index (χ1n) is 8.03. The highest BCUT2D eigenvalue weighted by atomic mass is 16.3. The number of aromatic nitrogens is 4. The standard InChI is InChI=1S/C10H10N2O.C10H8N2O/c2*13-6-8-1-3-9(4-2-8)10-5-11-7-12-10/h1-5,7,13H,6H2,(H,11,12);1-7H,(H,11,12). The number of nitrogens with zero attached hydrogens (tertiary/aromatic N) is 2. The number of aldehydes is 1. The molecule has 6 heteroatoms. The maximum absolute atomic E-state index is 10.4. The van der Waals surface area contributed by atoms with Crippen molar-refractivity contribution in [3.8, 4) is 22.5 Å². The van der Waals surface area contributed by atoms with E-state index >= 15 is 0 Å². The predicted octanol–water partition coefficient (Wildman–Crippen LogP) is 3.46. The number of rotatable bonds is 4. The summed E-state index contributed by atoms with van der Waals surface area (Å²) in [5.74, 6) is 0. The summed E-state index contributed by atoms with van der Waals surface area (Å²) < 4.78 is 0. The fourth-order valence-electron chi connectivity index (χ4n) is 2.35. The van der Waals surface area contributed by atoms with Crippen molar-refractivity contribution in [2.75, 3.05) is 0 Å². The van der Waals surface area contributed by atoms with Gasteiger partial charge in [-0.1, -0.05) is 48.5 Å². The molecule has 0 spiro atoms. The number of aliphatic hydroxyl groups excluding tert-OH is 1. The molecule has 130 valence electrons. The van der Waals surface area contributed by atoms with Crippen LogP contribution in [-0.2, 0) is 6.61 Å². The fourth-order valence-corrected chi connectivity index (χ4v) is 2.35. The summed E-state index contributed by atoms with van der Waals surface area (Å²) in [6, 6.07) is 15.0. The first kappa shape index (κ1) is 17.3. The summed E-state index contributed by atoms with van der Waals surface area (Å²) in [5.41, 5.74) is 5.46. The second kappa shape index (κ2) is 8.55. The molecule has 2 aromatic carbocycles. The van der Waals surface area contributed by atoms with Crippen molar-refractivity contribution >= 4 is 6.29 Å². The molecular formula is C20H18N4O2. The van der Waals surface area contributed by atoms with Crippen molar-refractivity contribution in [2.45, 2.75) is 6.61 Å². The Morgan fingerprint density at radius 1 is 0.808 bits per heavy atom. The highest BCUT2D eigenvalue weighted by molar-refractivity contribution is 5.76. The Morgan fingerprint density at radius 2 is 1.31 bits per heavy atom. The molecule has 3 N–H and O–H groups in total. The van der Waals surface area contributed by atoms with Gasteiger partial charge in [0.2, 0.25) is 0 Å². The topological polar surface area (TPSA) is 94.7 Å². The van der Waals surface area contributed by atoms with E-state index in [1.807, 2.05) is 48.8 Å². The zero-order valence-corrected chi connectivity index (χ0v) is 14.0. The van der Waals surface area contributed by atoms with Crippen LogP contribution < -0.4 is 0 Å². The minimum atomic E-state index is 0.0842. The molecule has 0 saturated carbocycles. The third-order valence-electron chi connectivity index (χ3n) is 3.77. The van der Waals surface area contributed by atoms with Gasteiger partial charge in [-0.05, 0) is 5.56 Å². The molecule has 0 atom stereocenters. The molecular weight excluding hydrogens is 328 g/mol. The van der Waals surface area contributed by atoms with E-state index in [1.54, 1.807) is 24.8 Å². The van der Waals surface area contributed by atoms with Gasteiger partial charge in [0, 0.05) is 29.1 Å². The van der Waals surface area contributed by atoms with E-state index in [1.165, 1.54) is 0 Å². The minimum Gasteiger partial charge on any atom is -0.392 e. The van der Waals surface area contributed by atoms with E-state index < -0.39 is 0 Å². The van der Waals surface area contributed by atoms with Crippen molar-refractivity contribution in [2.24, 2.45) is 0 Å². The van der Waals surface area contributed by atoms with Crippen molar-refractivity contribution in [3.63, 3.8) is 0 Å². The van der Waals surface area contributed by atoms with Crippen molar-refractivity contribution in [1.29, 1.82) is 0 Å². The zero-order chi connectivity index (χ0) is 18.2. The molecule has 0 bridgehead atoms. The maximum atomic E-state index is 10.4. The summed E-state index contributed by atoms with van der Waals surface area (Å²) in [6.45, 7) is 0.0842. The fraction of sp³-hybridized carbons (Fsp3) is 0.0500. The second-order valence-corrected chi connectivity index (χ2v) is 5.50. The summed E-state index contributed by atoms with van der Waals surface area (Å²) in [6.07, 6.45) is 7.76. The SMILES string of the molecule is O=Cc1ccc(-c2c[nH]cn2)cc1.OCc1ccc(-c2c[nH]cn2)cc1. The van der Waals surface area contributed by atoms with Gasteiger partial charge in [0.15, 0.2) is 0 Å². The van der Waals surface area contributed by atoms with E-state index in [0.717, 1.165) is 34.4 Å². The normalized spacial score (nSPS) is 10.0. The van der Waals surface area contributed by atoms with Crippen LogP contribution in [0.25, 0.3) is 22.5 Å². The van der Waals surface area contributed by atoms with Crippen LogP contribution in [0.15, 0.2) is 73.6 Å². The van der Waals surface area contributed by atoms with Crippen molar-refractivity contribution in [1.82, 2.24) is 19.9 Å². The third-order valence-corrected chi connectivity index (χ3v) is 3.77. The number of imidazole rings is 2. The lowest BCUT2D eigenvalue weighted by Gasteiger charge is -1.98. The van der Waals surface area contributed by atoms with Crippen LogP contribution in [0.1, 0.15) is 15.9 Å². The van der Waals surface area contributed by atoms with E-state index in [0.29, 0.717) is 5.56 Å². The molecule has 0 aliphatic rings. The Bertz CT molecular complexity index is 913. The lowest BCUT2D eigenvalue weighted by molar-refractivity contribution is 0.112. The molecule has 2 aromatic heterocycles. The third kappa shape index (κ3) is 4.31. The minimum absolute atomic E-state index is 0.0842. The molecule has 6 nitrogen and oxygen atoms in total. The van der Waals surface area contributed by atoms with Crippen molar-refractivity contribution < 1.29 is 9.90 Å². The van der Waals surface area contributed by atoms with Crippen LogP contribution in [-0.4, -0.2) is 31.3 Å². The van der Waals surface area contributed by atoms with Gasteiger partial charge in [-0.25, -0.2) is 9.97 Å². The van der Waals surface area contributed by atoms with E-state index in [9.17, 15) is 4.79 Å². The van der Waals surface area contributed by atoms with Crippen LogP contribution >= 0.6 is 0 Å². The van der Waals surface area contributed by atoms with Gasteiger partial charge < -0.3 is 15.1 Å². The molecule has 0 amide bonds. The largest absolute Gasteiger partial charge is 0.392 e. The van der Waals surface area contributed by atoms with Gasteiger partial charge in [0.1, 0.15) is 6.29 Å². The Hall–Kier alpha value is -3.51. The van der Waals surface area contributed by atoms with Crippen LogP contribution in [0.2, 0.25) is 0 Å². The number of nitrogens with one attached hydrogen (secondary N) is 2. The quantitative estimate of drug-likeness (QED) is 0.493. The number of carbonyl (C=O) groups is 1. The molecule has 4 aromatic rings. The maximum Gasteiger partial charge on any atom is 0.150 e. The van der Waals surface area contributed by atoms with Gasteiger partial charge in [0.05, 0.1) is 30.6 Å². The lowest BCUT2D eigenvalue weighted by Crippen LogP contribution is -1.82. The molecule has 0 aliphatic carbocycles. The molecule has 4 rings (SSSR count). The Labute approximate surface area is 150 Å². The highest BCUT2D eigenvalue weighted by Crippen LogP contribution is 2.16. The van der Waals surface area contributed by atoms with Gasteiger partial charge in [-0.2, -0.15) is 0 Å². The Morgan fingerprint density at radius 3 is 1.69 bits per heavy atom. The number of hydrogen-bond acceptors (Lipinski definition) is 4. The average molecular weight is 346 g/mol. The van der Waals surface area contributed by atoms with Crippen LogP contribution in [0.3, 0.4) is 0 Å². The Kier molecular flexibility index (Phi) is 5.69. The van der Waals surface area contributed by atoms with E-state index in [-0.39, 0.29) is 6.61 Å². The van der Waals surface area contributed by atoms with Crippen LogP contribution in [0.5, 0.6) is 0 Å². The van der Waals surface area contributed by atoms with Gasteiger partial charge in [-0.3, -0.25) is 4.79 Å². The molecule has 0 saturated heterocycles. The molecule has 26 heavy (non-hydrogen) atoms.